The smallest absolute Gasteiger partial charge is 0.251 e. The van der Waals surface area contributed by atoms with Crippen molar-refractivity contribution in [2.75, 3.05) is 6.54 Å². The number of amides is 1. The molecule has 3 heteroatoms. The van der Waals surface area contributed by atoms with Crippen LogP contribution in [0.3, 0.4) is 0 Å². The van der Waals surface area contributed by atoms with E-state index in [0.29, 0.717) is 12.1 Å². The normalized spacial score (nSPS) is 13.8. The van der Waals surface area contributed by atoms with Crippen LogP contribution in [0.15, 0.2) is 18.2 Å². The summed E-state index contributed by atoms with van der Waals surface area (Å²) >= 11 is 0. The molecule has 2 rings (SSSR count). The summed E-state index contributed by atoms with van der Waals surface area (Å²) in [7, 11) is 0. The van der Waals surface area contributed by atoms with Crippen LogP contribution in [0.5, 0.6) is 0 Å². The van der Waals surface area contributed by atoms with E-state index in [0.717, 1.165) is 12.8 Å². The van der Waals surface area contributed by atoms with Gasteiger partial charge in [-0.2, -0.15) is 5.26 Å². The van der Waals surface area contributed by atoms with Gasteiger partial charge in [0.05, 0.1) is 11.5 Å². The molecule has 1 aromatic carbocycles. The Morgan fingerprint density at radius 2 is 2.11 bits per heavy atom. The van der Waals surface area contributed by atoms with Crippen LogP contribution >= 0.6 is 0 Å². The van der Waals surface area contributed by atoms with Crippen LogP contribution in [0.1, 0.15) is 41.8 Å². The largest absolute Gasteiger partial charge is 0.350 e. The summed E-state index contributed by atoms with van der Waals surface area (Å²) in [6, 6.07) is 8.08. The van der Waals surface area contributed by atoms with E-state index in [2.05, 4.69) is 11.4 Å². The zero-order chi connectivity index (χ0) is 13.2. The van der Waals surface area contributed by atoms with Crippen LogP contribution in [0.2, 0.25) is 0 Å². The minimum absolute atomic E-state index is 0.0898. The Hall–Kier alpha value is -1.82. The molecule has 0 saturated carbocycles. The van der Waals surface area contributed by atoms with Crippen molar-refractivity contribution in [1.82, 2.24) is 5.32 Å². The molecular weight excluding hydrogens is 224 g/mol. The van der Waals surface area contributed by atoms with Gasteiger partial charge in [0.2, 0.25) is 0 Å². The molecule has 0 fully saturated rings. The molecule has 0 atom stereocenters. The first-order chi connectivity index (χ1) is 8.52. The third-order valence-electron chi connectivity index (χ3n) is 3.35. The minimum Gasteiger partial charge on any atom is -0.350 e. The molecule has 94 valence electrons. The fourth-order valence-corrected chi connectivity index (χ4v) is 2.16. The van der Waals surface area contributed by atoms with Crippen molar-refractivity contribution in [3.63, 3.8) is 0 Å². The van der Waals surface area contributed by atoms with Crippen LogP contribution in [0, 0.1) is 16.7 Å². The van der Waals surface area contributed by atoms with E-state index in [1.165, 1.54) is 17.5 Å². The number of benzene rings is 1. The van der Waals surface area contributed by atoms with Gasteiger partial charge in [-0.25, -0.2) is 0 Å². The zero-order valence-electron chi connectivity index (χ0n) is 10.9. The fourth-order valence-electron chi connectivity index (χ4n) is 2.16. The van der Waals surface area contributed by atoms with Crippen molar-refractivity contribution in [1.29, 1.82) is 5.26 Å². The van der Waals surface area contributed by atoms with Crippen molar-refractivity contribution in [3.8, 4) is 6.07 Å². The Morgan fingerprint density at radius 3 is 2.83 bits per heavy atom. The number of carbonyl (C=O) groups is 1. The van der Waals surface area contributed by atoms with Crippen LogP contribution in [0.25, 0.3) is 0 Å². The third-order valence-corrected chi connectivity index (χ3v) is 3.35. The van der Waals surface area contributed by atoms with Crippen LogP contribution in [0.4, 0.5) is 0 Å². The van der Waals surface area contributed by atoms with Gasteiger partial charge in [-0.3, -0.25) is 4.79 Å². The fraction of sp³-hybridized carbons (Fsp3) is 0.467. The highest BCUT2D eigenvalue weighted by molar-refractivity contribution is 5.94. The monoisotopic (exact) mass is 242 g/mol. The van der Waals surface area contributed by atoms with E-state index >= 15 is 0 Å². The van der Waals surface area contributed by atoms with Crippen molar-refractivity contribution in [2.24, 2.45) is 5.41 Å². The standard InChI is InChI=1S/C15H18N2O/c1-15(2,9-16)10-17-14(18)13-7-6-11-4-3-5-12(11)8-13/h6-8H,3-5,10H2,1-2H3,(H,17,18). The SMILES string of the molecule is CC(C)(C#N)CNC(=O)c1ccc2c(c1)CCC2. The molecule has 18 heavy (non-hydrogen) atoms. The highest BCUT2D eigenvalue weighted by Gasteiger charge is 2.19. The molecule has 1 aliphatic rings. The summed E-state index contributed by atoms with van der Waals surface area (Å²) in [5.74, 6) is -0.0898. The number of nitrogens with zero attached hydrogens (tertiary/aromatic N) is 1. The molecule has 0 saturated heterocycles. The molecule has 0 radical (unpaired) electrons. The number of hydrogen-bond acceptors (Lipinski definition) is 2. The molecule has 1 N–H and O–H groups in total. The van der Waals surface area contributed by atoms with Gasteiger partial charge in [0, 0.05) is 12.1 Å². The quantitative estimate of drug-likeness (QED) is 0.885. The Kier molecular flexibility index (Phi) is 3.38. The number of aryl methyl sites for hydroxylation is 2. The Labute approximate surface area is 108 Å². The average molecular weight is 242 g/mol. The van der Waals surface area contributed by atoms with E-state index < -0.39 is 5.41 Å². The predicted molar refractivity (Wildman–Crippen MR) is 70.2 cm³/mol. The van der Waals surface area contributed by atoms with E-state index in [-0.39, 0.29) is 5.91 Å². The summed E-state index contributed by atoms with van der Waals surface area (Å²) in [6.07, 6.45) is 3.38. The second-order valence-corrected chi connectivity index (χ2v) is 5.52. The Bertz CT molecular complexity index is 512. The maximum absolute atomic E-state index is 12.0. The van der Waals surface area contributed by atoms with Gasteiger partial charge in [0.1, 0.15) is 0 Å². The van der Waals surface area contributed by atoms with Crippen molar-refractivity contribution in [2.45, 2.75) is 33.1 Å². The Morgan fingerprint density at radius 1 is 1.39 bits per heavy atom. The topological polar surface area (TPSA) is 52.9 Å². The highest BCUT2D eigenvalue weighted by atomic mass is 16.1. The molecule has 0 unspecified atom stereocenters. The van der Waals surface area contributed by atoms with Gasteiger partial charge in [0.15, 0.2) is 0 Å². The first-order valence-electron chi connectivity index (χ1n) is 6.33. The van der Waals surface area contributed by atoms with E-state index in [1.807, 2.05) is 32.0 Å². The Balaban J connectivity index is 2.04. The van der Waals surface area contributed by atoms with Gasteiger partial charge in [0.25, 0.3) is 5.91 Å². The van der Waals surface area contributed by atoms with Crippen LogP contribution in [-0.2, 0) is 12.8 Å². The summed E-state index contributed by atoms with van der Waals surface area (Å²) in [4.78, 5) is 12.0. The maximum Gasteiger partial charge on any atom is 0.251 e. The lowest BCUT2D eigenvalue weighted by Crippen LogP contribution is -2.33. The van der Waals surface area contributed by atoms with Crippen molar-refractivity contribution < 1.29 is 4.79 Å². The minimum atomic E-state index is -0.521. The number of carbonyl (C=O) groups excluding carboxylic acids is 1. The number of nitrogens with one attached hydrogen (secondary N) is 1. The van der Waals surface area contributed by atoms with Crippen molar-refractivity contribution in [3.05, 3.63) is 34.9 Å². The lowest BCUT2D eigenvalue weighted by atomic mass is 9.96. The molecule has 3 nitrogen and oxygen atoms in total. The maximum atomic E-state index is 12.0. The summed E-state index contributed by atoms with van der Waals surface area (Å²) < 4.78 is 0. The lowest BCUT2D eigenvalue weighted by molar-refractivity contribution is 0.0943. The number of rotatable bonds is 3. The molecule has 1 amide bonds. The molecule has 1 aliphatic carbocycles. The average Bonchev–Trinajstić information content (AvgIpc) is 2.83. The number of hydrogen-bond donors (Lipinski definition) is 1. The van der Waals surface area contributed by atoms with Gasteiger partial charge in [-0.1, -0.05) is 6.07 Å². The number of fused-ring (bicyclic) bond motifs is 1. The lowest BCUT2D eigenvalue weighted by Gasteiger charge is -2.16. The third kappa shape index (κ3) is 2.70. The van der Waals surface area contributed by atoms with Gasteiger partial charge >= 0.3 is 0 Å². The first-order valence-corrected chi connectivity index (χ1v) is 6.33. The van der Waals surface area contributed by atoms with E-state index in [9.17, 15) is 4.79 Å². The first kappa shape index (κ1) is 12.6. The second kappa shape index (κ2) is 4.81. The summed E-state index contributed by atoms with van der Waals surface area (Å²) in [5.41, 5.74) is 2.84. The van der Waals surface area contributed by atoms with Gasteiger partial charge in [-0.15, -0.1) is 0 Å². The summed E-state index contributed by atoms with van der Waals surface area (Å²) in [5, 5.41) is 11.7. The second-order valence-electron chi connectivity index (χ2n) is 5.52. The van der Waals surface area contributed by atoms with E-state index in [1.54, 1.807) is 0 Å². The molecule has 0 aliphatic heterocycles. The molecule has 1 aromatic rings. The zero-order valence-corrected chi connectivity index (χ0v) is 10.9. The molecule has 0 spiro atoms. The van der Waals surface area contributed by atoms with E-state index in [4.69, 9.17) is 5.26 Å². The number of nitriles is 1. The summed E-state index contributed by atoms with van der Waals surface area (Å²) in [6.45, 7) is 4.01. The van der Waals surface area contributed by atoms with Crippen molar-refractivity contribution >= 4 is 5.91 Å². The van der Waals surface area contributed by atoms with Crippen LogP contribution in [-0.4, -0.2) is 12.5 Å². The molecule has 0 aromatic heterocycles. The highest BCUT2D eigenvalue weighted by Crippen LogP contribution is 2.22. The van der Waals surface area contributed by atoms with Gasteiger partial charge < -0.3 is 5.32 Å². The predicted octanol–water partition coefficient (Wildman–Crippen LogP) is 2.45. The van der Waals surface area contributed by atoms with Gasteiger partial charge in [-0.05, 0) is 56.4 Å². The van der Waals surface area contributed by atoms with Crippen LogP contribution < -0.4 is 5.32 Å². The molecule has 0 bridgehead atoms. The molecule has 0 heterocycles. The molecular formula is C15H18N2O.